The Morgan fingerprint density at radius 1 is 1.25 bits per heavy atom. The fraction of sp³-hybridized carbons (Fsp3) is 0.941. The molecule has 0 radical (unpaired) electrons. The highest BCUT2D eigenvalue weighted by atomic mass is 31.0. The summed E-state index contributed by atoms with van der Waals surface area (Å²) in [4.78, 5) is 11.8. The Hall–Kier alpha value is 0.0600. The largest absolute Gasteiger partial charge is 0.362 e. The standard InChI is InChI=1S/C17H33O2P/c1-12(2)16(19-20)9-8-13(3)14(4)17(5)10-6-7-15(18)11-17/h12-14,16H,6-11,20H2,1-5H3/t13-,14-,16-,17+/m1/s1. The molecule has 0 aromatic heterocycles. The van der Waals surface area contributed by atoms with Gasteiger partial charge in [0.05, 0.1) is 6.10 Å². The maximum absolute atomic E-state index is 11.8. The van der Waals surface area contributed by atoms with Crippen LogP contribution in [0.15, 0.2) is 0 Å². The first-order chi connectivity index (χ1) is 9.30. The van der Waals surface area contributed by atoms with Crippen LogP contribution in [0.3, 0.4) is 0 Å². The van der Waals surface area contributed by atoms with E-state index in [1.54, 1.807) is 0 Å². The predicted molar refractivity (Wildman–Crippen MR) is 88.6 cm³/mol. The van der Waals surface area contributed by atoms with E-state index in [1.807, 2.05) is 0 Å². The molecule has 0 heterocycles. The molecular weight excluding hydrogens is 267 g/mol. The van der Waals surface area contributed by atoms with Crippen molar-refractivity contribution in [1.82, 2.24) is 0 Å². The third-order valence-electron chi connectivity index (χ3n) is 5.58. The van der Waals surface area contributed by atoms with Crippen molar-refractivity contribution < 1.29 is 9.32 Å². The van der Waals surface area contributed by atoms with E-state index in [2.05, 4.69) is 44.1 Å². The van der Waals surface area contributed by atoms with E-state index in [0.717, 1.165) is 25.7 Å². The Balaban J connectivity index is 2.53. The molecule has 118 valence electrons. The van der Waals surface area contributed by atoms with Crippen molar-refractivity contribution in [2.75, 3.05) is 0 Å². The van der Waals surface area contributed by atoms with E-state index >= 15 is 0 Å². The molecule has 1 rings (SSSR count). The van der Waals surface area contributed by atoms with Crippen LogP contribution in [0, 0.1) is 23.2 Å². The number of hydrogen-bond acceptors (Lipinski definition) is 2. The first-order valence-electron chi connectivity index (χ1n) is 8.17. The van der Waals surface area contributed by atoms with E-state index in [0.29, 0.717) is 29.6 Å². The van der Waals surface area contributed by atoms with Gasteiger partial charge in [-0.1, -0.05) is 34.6 Å². The molecule has 1 unspecified atom stereocenters. The van der Waals surface area contributed by atoms with Crippen molar-refractivity contribution in [2.45, 2.75) is 79.2 Å². The lowest BCUT2D eigenvalue weighted by Gasteiger charge is -2.41. The van der Waals surface area contributed by atoms with Crippen molar-refractivity contribution in [2.24, 2.45) is 23.2 Å². The van der Waals surface area contributed by atoms with E-state index < -0.39 is 0 Å². The highest BCUT2D eigenvalue weighted by molar-refractivity contribution is 7.09. The van der Waals surface area contributed by atoms with Gasteiger partial charge in [-0.3, -0.25) is 4.79 Å². The van der Waals surface area contributed by atoms with Crippen LogP contribution >= 0.6 is 9.47 Å². The Labute approximate surface area is 127 Å². The van der Waals surface area contributed by atoms with Crippen LogP contribution in [-0.4, -0.2) is 11.9 Å². The summed E-state index contributed by atoms with van der Waals surface area (Å²) in [7, 11) is 2.41. The van der Waals surface area contributed by atoms with Gasteiger partial charge in [-0.25, -0.2) is 0 Å². The molecule has 3 heteroatoms. The van der Waals surface area contributed by atoms with E-state index in [9.17, 15) is 4.79 Å². The molecule has 0 aromatic rings. The third-order valence-corrected chi connectivity index (χ3v) is 5.93. The van der Waals surface area contributed by atoms with Crippen molar-refractivity contribution in [3.8, 4) is 0 Å². The molecular formula is C17H33O2P. The lowest BCUT2D eigenvalue weighted by molar-refractivity contribution is -0.125. The monoisotopic (exact) mass is 300 g/mol. The number of Topliss-reactive ketones (excluding diaryl/α,β-unsaturated/α-hetero) is 1. The van der Waals surface area contributed by atoms with Crippen LogP contribution in [-0.2, 0) is 9.32 Å². The normalized spacial score (nSPS) is 28.4. The van der Waals surface area contributed by atoms with Crippen LogP contribution in [0.5, 0.6) is 0 Å². The molecule has 0 bridgehead atoms. The number of hydrogen-bond donors (Lipinski definition) is 0. The summed E-state index contributed by atoms with van der Waals surface area (Å²) in [5, 5.41) is 0. The zero-order valence-electron chi connectivity index (χ0n) is 13.9. The maximum atomic E-state index is 11.8. The Kier molecular flexibility index (Phi) is 7.15. The molecule has 1 aliphatic carbocycles. The molecule has 0 amide bonds. The second-order valence-electron chi connectivity index (χ2n) is 7.48. The van der Waals surface area contributed by atoms with Gasteiger partial charge in [-0.05, 0) is 48.9 Å². The van der Waals surface area contributed by atoms with E-state index in [-0.39, 0.29) is 5.41 Å². The van der Waals surface area contributed by atoms with Crippen LogP contribution in [0.4, 0.5) is 0 Å². The third kappa shape index (κ3) is 4.81. The van der Waals surface area contributed by atoms with Gasteiger partial charge >= 0.3 is 0 Å². The first kappa shape index (κ1) is 18.1. The Morgan fingerprint density at radius 2 is 1.90 bits per heavy atom. The van der Waals surface area contributed by atoms with Gasteiger partial charge in [0.1, 0.15) is 5.78 Å². The van der Waals surface area contributed by atoms with Crippen LogP contribution in [0.2, 0.25) is 0 Å². The molecule has 2 nitrogen and oxygen atoms in total. The highest BCUT2D eigenvalue weighted by Gasteiger charge is 2.38. The van der Waals surface area contributed by atoms with Crippen molar-refractivity contribution in [3.63, 3.8) is 0 Å². The average Bonchev–Trinajstić information content (AvgIpc) is 2.37. The maximum Gasteiger partial charge on any atom is 0.133 e. The second-order valence-corrected chi connectivity index (χ2v) is 7.76. The van der Waals surface area contributed by atoms with Crippen molar-refractivity contribution in [1.29, 1.82) is 0 Å². The summed E-state index contributed by atoms with van der Waals surface area (Å²) in [5.41, 5.74) is 0.212. The minimum atomic E-state index is 0.212. The number of carbonyl (C=O) groups excluding carboxylic acids is 1. The van der Waals surface area contributed by atoms with Crippen molar-refractivity contribution >= 4 is 15.2 Å². The summed E-state index contributed by atoms with van der Waals surface area (Å²) < 4.78 is 5.49. The fourth-order valence-electron chi connectivity index (χ4n) is 3.63. The van der Waals surface area contributed by atoms with Gasteiger partial charge in [0.15, 0.2) is 0 Å². The summed E-state index contributed by atoms with van der Waals surface area (Å²) >= 11 is 0. The summed E-state index contributed by atoms with van der Waals surface area (Å²) in [6.45, 7) is 11.4. The molecule has 5 atom stereocenters. The van der Waals surface area contributed by atoms with Crippen LogP contribution < -0.4 is 0 Å². The Bertz CT molecular complexity index is 316. The van der Waals surface area contributed by atoms with Gasteiger partial charge in [0.25, 0.3) is 0 Å². The molecule has 0 aliphatic heterocycles. The minimum absolute atomic E-state index is 0.212. The molecule has 0 saturated heterocycles. The molecule has 0 spiro atoms. The molecule has 20 heavy (non-hydrogen) atoms. The van der Waals surface area contributed by atoms with E-state index in [1.165, 1.54) is 12.8 Å². The molecule has 1 aliphatic rings. The van der Waals surface area contributed by atoms with Crippen LogP contribution in [0.1, 0.15) is 73.1 Å². The van der Waals surface area contributed by atoms with Gasteiger partial charge < -0.3 is 4.52 Å². The lowest BCUT2D eigenvalue weighted by Crippen LogP contribution is -2.35. The zero-order chi connectivity index (χ0) is 15.3. The molecule has 0 N–H and O–H groups in total. The van der Waals surface area contributed by atoms with Gasteiger partial charge in [0.2, 0.25) is 0 Å². The number of carbonyl (C=O) groups is 1. The topological polar surface area (TPSA) is 26.3 Å². The lowest BCUT2D eigenvalue weighted by atomic mass is 9.63. The summed E-state index contributed by atoms with van der Waals surface area (Å²) in [6, 6.07) is 0. The highest BCUT2D eigenvalue weighted by Crippen LogP contribution is 2.45. The van der Waals surface area contributed by atoms with Crippen molar-refractivity contribution in [3.05, 3.63) is 0 Å². The zero-order valence-corrected chi connectivity index (χ0v) is 15.1. The second kappa shape index (κ2) is 7.90. The van der Waals surface area contributed by atoms with E-state index in [4.69, 9.17) is 4.52 Å². The number of ketones is 1. The van der Waals surface area contributed by atoms with Gasteiger partial charge in [-0.2, -0.15) is 0 Å². The molecule has 1 fully saturated rings. The molecule has 0 aromatic carbocycles. The van der Waals surface area contributed by atoms with Crippen LogP contribution in [0.25, 0.3) is 0 Å². The number of rotatable bonds is 7. The summed E-state index contributed by atoms with van der Waals surface area (Å²) in [6.07, 6.45) is 6.49. The quantitative estimate of drug-likeness (QED) is 0.617. The fourth-order valence-corrected chi connectivity index (χ4v) is 4.08. The predicted octanol–water partition coefficient (Wildman–Crippen LogP) is 5.02. The smallest absolute Gasteiger partial charge is 0.133 e. The minimum Gasteiger partial charge on any atom is -0.362 e. The average molecular weight is 300 g/mol. The molecule has 1 saturated carbocycles. The van der Waals surface area contributed by atoms with Gasteiger partial charge in [0, 0.05) is 22.3 Å². The Morgan fingerprint density at radius 3 is 2.40 bits per heavy atom. The van der Waals surface area contributed by atoms with Gasteiger partial charge in [-0.15, -0.1) is 0 Å². The SMILES string of the molecule is CC(C)[C@@H](CC[C@@H](C)[C@@H](C)[C@@]1(C)CCCC(=O)C1)OP. The first-order valence-corrected chi connectivity index (χ1v) is 8.64. The summed E-state index contributed by atoms with van der Waals surface area (Å²) in [5.74, 6) is 2.27.